The summed E-state index contributed by atoms with van der Waals surface area (Å²) in [5, 5.41) is 11.6. The van der Waals surface area contributed by atoms with Crippen molar-refractivity contribution in [2.45, 2.75) is 6.92 Å². The number of hydrogen-bond acceptors (Lipinski definition) is 3. The molecule has 3 N–H and O–H groups in total. The first-order valence-electron chi connectivity index (χ1n) is 5.22. The highest BCUT2D eigenvalue weighted by molar-refractivity contribution is 6.05. The molecule has 18 heavy (non-hydrogen) atoms. The van der Waals surface area contributed by atoms with Crippen LogP contribution in [0.5, 0.6) is 0 Å². The number of aromatic carboxylic acids is 1. The molecule has 0 radical (unpaired) electrons. The second-order valence-electron chi connectivity index (χ2n) is 3.75. The molecule has 0 aliphatic carbocycles. The number of nitrogens with zero attached hydrogens (tertiary/aromatic N) is 1. The number of benzene rings is 1. The number of H-pyrrole nitrogens is 1. The molecule has 0 bridgehead atoms. The molecule has 1 aromatic heterocycles. The van der Waals surface area contributed by atoms with Gasteiger partial charge in [-0.05, 0) is 19.1 Å². The van der Waals surface area contributed by atoms with Gasteiger partial charge in [0.15, 0.2) is 5.82 Å². The number of aromatic nitrogens is 2. The van der Waals surface area contributed by atoms with Gasteiger partial charge in [0, 0.05) is 12.4 Å². The highest BCUT2D eigenvalue weighted by atomic mass is 16.4. The normalized spacial score (nSPS) is 10.1. The first kappa shape index (κ1) is 11.8. The van der Waals surface area contributed by atoms with Crippen molar-refractivity contribution < 1.29 is 14.7 Å². The lowest BCUT2D eigenvalue weighted by molar-refractivity contribution is 0.0698. The van der Waals surface area contributed by atoms with Crippen molar-refractivity contribution in [1.29, 1.82) is 0 Å². The molecule has 0 aliphatic heterocycles. The van der Waals surface area contributed by atoms with Crippen LogP contribution in [0.15, 0.2) is 30.6 Å². The number of aryl methyl sites for hydroxylation is 1. The molecule has 1 heterocycles. The number of carboxylic acid groups (broad SMARTS) is 1. The molecule has 0 unspecified atom stereocenters. The highest BCUT2D eigenvalue weighted by Gasteiger charge is 2.14. The number of aromatic amines is 1. The first-order chi connectivity index (χ1) is 8.58. The van der Waals surface area contributed by atoms with Crippen LogP contribution in [0.25, 0.3) is 0 Å². The Morgan fingerprint density at radius 2 is 2.17 bits per heavy atom. The van der Waals surface area contributed by atoms with Gasteiger partial charge in [0.05, 0.1) is 11.3 Å². The summed E-state index contributed by atoms with van der Waals surface area (Å²) in [5.41, 5.74) is 1.10. The number of carboxylic acids is 1. The van der Waals surface area contributed by atoms with Gasteiger partial charge in [-0.15, -0.1) is 0 Å². The van der Waals surface area contributed by atoms with Crippen LogP contribution in [-0.4, -0.2) is 27.0 Å². The van der Waals surface area contributed by atoms with Gasteiger partial charge in [0.25, 0.3) is 5.91 Å². The minimum Gasteiger partial charge on any atom is -0.478 e. The minimum absolute atomic E-state index is 0.0508. The number of hydrogen-bond donors (Lipinski definition) is 3. The zero-order valence-corrected chi connectivity index (χ0v) is 9.60. The summed E-state index contributed by atoms with van der Waals surface area (Å²) in [6, 6.07) is 4.78. The third-order valence-corrected chi connectivity index (χ3v) is 2.37. The Hall–Kier alpha value is -2.63. The van der Waals surface area contributed by atoms with E-state index in [1.54, 1.807) is 19.1 Å². The van der Waals surface area contributed by atoms with Gasteiger partial charge in [0.2, 0.25) is 0 Å². The number of nitrogens with one attached hydrogen (secondary N) is 2. The Labute approximate surface area is 103 Å². The van der Waals surface area contributed by atoms with Crippen molar-refractivity contribution in [2.24, 2.45) is 0 Å². The average Bonchev–Trinajstić information content (AvgIpc) is 2.84. The van der Waals surface area contributed by atoms with E-state index in [9.17, 15) is 9.59 Å². The second kappa shape index (κ2) is 4.70. The molecule has 2 rings (SSSR count). The van der Waals surface area contributed by atoms with Crippen LogP contribution >= 0.6 is 0 Å². The van der Waals surface area contributed by atoms with Crippen molar-refractivity contribution in [3.63, 3.8) is 0 Å². The molecule has 2 aromatic rings. The second-order valence-corrected chi connectivity index (χ2v) is 3.75. The van der Waals surface area contributed by atoms with Gasteiger partial charge in [-0.2, -0.15) is 0 Å². The van der Waals surface area contributed by atoms with E-state index in [0.29, 0.717) is 0 Å². The number of carbonyl (C=O) groups is 2. The lowest BCUT2D eigenvalue weighted by Gasteiger charge is -2.07. The van der Waals surface area contributed by atoms with E-state index >= 15 is 0 Å². The molecule has 0 spiro atoms. The number of imidazole rings is 1. The van der Waals surface area contributed by atoms with Gasteiger partial charge in [-0.1, -0.05) is 11.6 Å². The largest absolute Gasteiger partial charge is 0.478 e. The van der Waals surface area contributed by atoms with E-state index in [1.165, 1.54) is 18.5 Å². The van der Waals surface area contributed by atoms with Gasteiger partial charge < -0.3 is 15.4 Å². The number of carbonyl (C=O) groups excluding carboxylic acids is 1. The fourth-order valence-corrected chi connectivity index (χ4v) is 1.51. The maximum absolute atomic E-state index is 11.7. The molecule has 0 fully saturated rings. The SMILES string of the molecule is Cc1ccc(NC(=O)c2ncc[nH]2)c(C(=O)O)c1. The number of amides is 1. The number of anilines is 1. The summed E-state index contributed by atoms with van der Waals surface area (Å²) in [7, 11) is 0. The molecular weight excluding hydrogens is 234 g/mol. The van der Waals surface area contributed by atoms with E-state index in [0.717, 1.165) is 5.56 Å². The molecule has 0 saturated heterocycles. The predicted molar refractivity (Wildman–Crippen MR) is 64.7 cm³/mol. The lowest BCUT2D eigenvalue weighted by Crippen LogP contribution is -2.16. The molecule has 92 valence electrons. The summed E-state index contributed by atoms with van der Waals surface area (Å²) in [5.74, 6) is -1.44. The van der Waals surface area contributed by atoms with E-state index in [-0.39, 0.29) is 17.1 Å². The standard InChI is InChI=1S/C12H11N3O3/c1-7-2-3-9(8(6-7)12(17)18)15-11(16)10-13-4-5-14-10/h2-6H,1H3,(H,13,14)(H,15,16)(H,17,18). The Morgan fingerprint density at radius 3 is 2.78 bits per heavy atom. The van der Waals surface area contributed by atoms with Crippen molar-refractivity contribution >= 4 is 17.6 Å². The molecule has 6 heteroatoms. The van der Waals surface area contributed by atoms with Crippen molar-refractivity contribution in [3.8, 4) is 0 Å². The summed E-state index contributed by atoms with van der Waals surface area (Å²) in [6.45, 7) is 1.78. The minimum atomic E-state index is -1.09. The molecule has 6 nitrogen and oxygen atoms in total. The van der Waals surface area contributed by atoms with Crippen LogP contribution in [0.3, 0.4) is 0 Å². The molecule has 0 saturated carbocycles. The van der Waals surface area contributed by atoms with Crippen LogP contribution in [-0.2, 0) is 0 Å². The number of rotatable bonds is 3. The monoisotopic (exact) mass is 245 g/mol. The van der Waals surface area contributed by atoms with E-state index in [4.69, 9.17) is 5.11 Å². The van der Waals surface area contributed by atoms with Gasteiger partial charge in [-0.3, -0.25) is 4.79 Å². The Morgan fingerprint density at radius 1 is 1.39 bits per heavy atom. The summed E-state index contributed by atoms with van der Waals surface area (Å²) >= 11 is 0. The van der Waals surface area contributed by atoms with Crippen molar-refractivity contribution in [3.05, 3.63) is 47.5 Å². The fourth-order valence-electron chi connectivity index (χ4n) is 1.51. The lowest BCUT2D eigenvalue weighted by atomic mass is 10.1. The van der Waals surface area contributed by atoms with E-state index < -0.39 is 11.9 Å². The molecule has 1 aromatic carbocycles. The smallest absolute Gasteiger partial charge is 0.337 e. The van der Waals surface area contributed by atoms with Gasteiger partial charge in [0.1, 0.15) is 0 Å². The predicted octanol–water partition coefficient (Wildman–Crippen LogP) is 1.67. The summed E-state index contributed by atoms with van der Waals surface area (Å²) < 4.78 is 0. The quantitative estimate of drug-likeness (QED) is 0.766. The van der Waals surface area contributed by atoms with Crippen molar-refractivity contribution in [1.82, 2.24) is 9.97 Å². The summed E-state index contributed by atoms with van der Waals surface area (Å²) in [4.78, 5) is 29.2. The summed E-state index contributed by atoms with van der Waals surface area (Å²) in [6.07, 6.45) is 2.96. The maximum Gasteiger partial charge on any atom is 0.337 e. The highest BCUT2D eigenvalue weighted by Crippen LogP contribution is 2.17. The van der Waals surface area contributed by atoms with Crippen LogP contribution in [0.2, 0.25) is 0 Å². The Kier molecular flexibility index (Phi) is 3.09. The van der Waals surface area contributed by atoms with E-state index in [2.05, 4.69) is 15.3 Å². The third-order valence-electron chi connectivity index (χ3n) is 2.37. The fraction of sp³-hybridized carbons (Fsp3) is 0.0833. The molecule has 0 aliphatic rings. The first-order valence-corrected chi connectivity index (χ1v) is 5.22. The van der Waals surface area contributed by atoms with Gasteiger partial charge in [-0.25, -0.2) is 9.78 Å². The van der Waals surface area contributed by atoms with Crippen molar-refractivity contribution in [2.75, 3.05) is 5.32 Å². The zero-order valence-electron chi connectivity index (χ0n) is 9.60. The van der Waals surface area contributed by atoms with Crippen LogP contribution in [0, 0.1) is 6.92 Å². The zero-order chi connectivity index (χ0) is 13.1. The van der Waals surface area contributed by atoms with Crippen LogP contribution < -0.4 is 5.32 Å². The van der Waals surface area contributed by atoms with Crippen LogP contribution in [0.4, 0.5) is 5.69 Å². The van der Waals surface area contributed by atoms with Crippen LogP contribution in [0.1, 0.15) is 26.5 Å². The Bertz CT molecular complexity index is 591. The Balaban J connectivity index is 2.29. The average molecular weight is 245 g/mol. The molecule has 1 amide bonds. The molecule has 0 atom stereocenters. The maximum atomic E-state index is 11.7. The van der Waals surface area contributed by atoms with E-state index in [1.807, 2.05) is 0 Å². The van der Waals surface area contributed by atoms with Gasteiger partial charge >= 0.3 is 5.97 Å². The molecular formula is C12H11N3O3. The topological polar surface area (TPSA) is 95.1 Å². The third kappa shape index (κ3) is 2.37.